The van der Waals surface area contributed by atoms with Crippen LogP contribution in [0.4, 0.5) is 5.69 Å². The van der Waals surface area contributed by atoms with Crippen LogP contribution in [0.15, 0.2) is 24.3 Å². The van der Waals surface area contributed by atoms with Crippen molar-refractivity contribution in [2.75, 3.05) is 12.4 Å². The maximum atomic E-state index is 11.9. The predicted octanol–water partition coefficient (Wildman–Crippen LogP) is 3.78. The Bertz CT molecular complexity index is 555. The van der Waals surface area contributed by atoms with E-state index in [0.717, 1.165) is 25.0 Å². The van der Waals surface area contributed by atoms with E-state index < -0.39 is 0 Å². The first-order valence-corrected chi connectivity index (χ1v) is 8.61. The van der Waals surface area contributed by atoms with E-state index in [1.165, 1.54) is 0 Å². The van der Waals surface area contributed by atoms with E-state index in [1.807, 2.05) is 0 Å². The number of nitrogens with one attached hydrogen (secondary N) is 1. The molecular formula is C19H27NO4. The second-order valence-corrected chi connectivity index (χ2v) is 6.66. The fourth-order valence-corrected chi connectivity index (χ4v) is 2.96. The molecule has 0 unspecified atom stereocenters. The molecule has 5 nitrogen and oxygen atoms in total. The third kappa shape index (κ3) is 5.55. The third-order valence-electron chi connectivity index (χ3n) is 4.78. The summed E-state index contributed by atoms with van der Waals surface area (Å²) in [6.07, 6.45) is 3.19. The van der Waals surface area contributed by atoms with E-state index in [0.29, 0.717) is 17.5 Å². The molecule has 1 aromatic carbocycles. The first-order chi connectivity index (χ1) is 11.5. The summed E-state index contributed by atoms with van der Waals surface area (Å²) in [5.41, 5.74) is 0.685. The zero-order valence-electron chi connectivity index (χ0n) is 14.7. The highest BCUT2D eigenvalue weighted by atomic mass is 16.5. The van der Waals surface area contributed by atoms with E-state index in [4.69, 9.17) is 9.47 Å². The molecule has 1 N–H and O–H groups in total. The number of carbonyl (C=O) groups excluding carboxylic acids is 2. The van der Waals surface area contributed by atoms with Gasteiger partial charge in [-0.1, -0.05) is 13.8 Å². The number of esters is 1. The Hall–Kier alpha value is -2.04. The molecule has 24 heavy (non-hydrogen) atoms. The zero-order chi connectivity index (χ0) is 17.5. The number of hydrogen-bond donors (Lipinski definition) is 1. The molecule has 0 aliphatic heterocycles. The van der Waals surface area contributed by atoms with Crippen LogP contribution in [0.1, 0.15) is 46.0 Å². The summed E-state index contributed by atoms with van der Waals surface area (Å²) in [4.78, 5) is 23.8. The molecule has 0 radical (unpaired) electrons. The van der Waals surface area contributed by atoms with Crippen molar-refractivity contribution in [2.24, 2.45) is 11.8 Å². The predicted molar refractivity (Wildman–Crippen MR) is 92.9 cm³/mol. The topological polar surface area (TPSA) is 64.6 Å². The van der Waals surface area contributed by atoms with Gasteiger partial charge in [0.1, 0.15) is 11.9 Å². The summed E-state index contributed by atoms with van der Waals surface area (Å²) in [6.45, 7) is 4.44. The van der Waals surface area contributed by atoms with Crippen molar-refractivity contribution in [1.29, 1.82) is 0 Å². The molecule has 0 saturated heterocycles. The van der Waals surface area contributed by atoms with Crippen molar-refractivity contribution in [3.05, 3.63) is 24.3 Å². The number of ether oxygens (including phenoxy) is 2. The molecule has 1 aliphatic carbocycles. The van der Waals surface area contributed by atoms with Gasteiger partial charge in [0.15, 0.2) is 0 Å². The van der Waals surface area contributed by atoms with Gasteiger partial charge in [0.05, 0.1) is 13.5 Å². The number of anilines is 1. The van der Waals surface area contributed by atoms with Crippen molar-refractivity contribution in [1.82, 2.24) is 0 Å². The average Bonchev–Trinajstić information content (AvgIpc) is 2.57. The molecule has 1 aliphatic rings. The fraction of sp³-hybridized carbons (Fsp3) is 0.579. The highest BCUT2D eigenvalue weighted by Gasteiger charge is 2.27. The maximum absolute atomic E-state index is 11.9. The SMILES string of the molecule is COc1ccc(NC(=O)CCC(=O)O[C@H]2CC[C@@H](C)[C@@H](C)C2)cc1. The minimum Gasteiger partial charge on any atom is -0.497 e. The fourth-order valence-electron chi connectivity index (χ4n) is 2.96. The normalized spacial score (nSPS) is 23.4. The second-order valence-electron chi connectivity index (χ2n) is 6.66. The molecular weight excluding hydrogens is 306 g/mol. The van der Waals surface area contributed by atoms with Gasteiger partial charge >= 0.3 is 5.97 Å². The van der Waals surface area contributed by atoms with Crippen molar-refractivity contribution in [3.63, 3.8) is 0 Å². The molecule has 132 valence electrons. The van der Waals surface area contributed by atoms with Gasteiger partial charge in [0, 0.05) is 12.1 Å². The lowest BCUT2D eigenvalue weighted by molar-refractivity contribution is -0.152. The Morgan fingerprint density at radius 3 is 2.42 bits per heavy atom. The van der Waals surface area contributed by atoms with Crippen LogP contribution in [-0.4, -0.2) is 25.1 Å². The lowest BCUT2D eigenvalue weighted by atomic mass is 9.80. The van der Waals surface area contributed by atoms with Crippen LogP contribution in [-0.2, 0) is 14.3 Å². The lowest BCUT2D eigenvalue weighted by Crippen LogP contribution is -2.29. The molecule has 2 rings (SSSR count). The molecule has 1 saturated carbocycles. The van der Waals surface area contributed by atoms with E-state index in [2.05, 4.69) is 19.2 Å². The number of carbonyl (C=O) groups is 2. The Kier molecular flexibility index (Phi) is 6.64. The second kappa shape index (κ2) is 8.71. The van der Waals surface area contributed by atoms with Gasteiger partial charge in [0.25, 0.3) is 0 Å². The average molecular weight is 333 g/mol. The highest BCUT2D eigenvalue weighted by Crippen LogP contribution is 2.31. The van der Waals surface area contributed by atoms with Crippen LogP contribution in [0, 0.1) is 11.8 Å². The molecule has 0 heterocycles. The van der Waals surface area contributed by atoms with Gasteiger partial charge in [0.2, 0.25) is 5.91 Å². The van der Waals surface area contributed by atoms with Gasteiger partial charge < -0.3 is 14.8 Å². The van der Waals surface area contributed by atoms with Gasteiger partial charge in [-0.25, -0.2) is 0 Å². The largest absolute Gasteiger partial charge is 0.497 e. The molecule has 0 bridgehead atoms. The summed E-state index contributed by atoms with van der Waals surface area (Å²) in [6, 6.07) is 7.07. The first-order valence-electron chi connectivity index (χ1n) is 8.61. The number of rotatable bonds is 6. The van der Waals surface area contributed by atoms with Gasteiger partial charge in [-0.3, -0.25) is 9.59 Å². The van der Waals surface area contributed by atoms with Crippen molar-refractivity contribution in [2.45, 2.75) is 52.1 Å². The first kappa shape index (κ1) is 18.3. The molecule has 0 aromatic heterocycles. The Labute approximate surface area is 143 Å². The third-order valence-corrected chi connectivity index (χ3v) is 4.78. The molecule has 5 heteroatoms. The summed E-state index contributed by atoms with van der Waals surface area (Å²) in [5.74, 6) is 1.52. The maximum Gasteiger partial charge on any atom is 0.306 e. The number of amides is 1. The monoisotopic (exact) mass is 333 g/mol. The number of benzene rings is 1. The summed E-state index contributed by atoms with van der Waals surface area (Å²) in [5, 5.41) is 2.76. The Morgan fingerprint density at radius 1 is 1.08 bits per heavy atom. The summed E-state index contributed by atoms with van der Waals surface area (Å²) >= 11 is 0. The Balaban J connectivity index is 1.70. The minimum absolute atomic E-state index is 0.00773. The molecule has 1 aromatic rings. The van der Waals surface area contributed by atoms with Crippen LogP contribution in [0.2, 0.25) is 0 Å². The van der Waals surface area contributed by atoms with Crippen LogP contribution in [0.3, 0.4) is 0 Å². The quantitative estimate of drug-likeness (QED) is 0.805. The van der Waals surface area contributed by atoms with Crippen molar-refractivity contribution in [3.8, 4) is 5.75 Å². The van der Waals surface area contributed by atoms with Gasteiger partial charge in [-0.05, 0) is 55.4 Å². The zero-order valence-corrected chi connectivity index (χ0v) is 14.7. The number of methoxy groups -OCH3 is 1. The lowest BCUT2D eigenvalue weighted by Gasteiger charge is -2.31. The molecule has 3 atom stereocenters. The Morgan fingerprint density at radius 2 is 1.79 bits per heavy atom. The van der Waals surface area contributed by atoms with Crippen molar-refractivity contribution >= 4 is 17.6 Å². The summed E-state index contributed by atoms with van der Waals surface area (Å²) in [7, 11) is 1.59. The molecule has 1 fully saturated rings. The number of hydrogen-bond acceptors (Lipinski definition) is 4. The highest BCUT2D eigenvalue weighted by molar-refractivity contribution is 5.92. The van der Waals surface area contributed by atoms with Crippen LogP contribution in [0.25, 0.3) is 0 Å². The summed E-state index contributed by atoms with van der Waals surface area (Å²) < 4.78 is 10.6. The van der Waals surface area contributed by atoms with Crippen LogP contribution in [0.5, 0.6) is 5.75 Å². The standard InChI is InChI=1S/C19H27NO4/c1-13-4-7-17(12-14(13)2)24-19(22)11-10-18(21)20-15-5-8-16(23-3)9-6-15/h5-6,8-9,13-14,17H,4,7,10-12H2,1-3H3,(H,20,21)/t13-,14+,17+/m1/s1. The molecule has 1 amide bonds. The van der Waals surface area contributed by atoms with Crippen LogP contribution >= 0.6 is 0 Å². The van der Waals surface area contributed by atoms with Crippen LogP contribution < -0.4 is 10.1 Å². The van der Waals surface area contributed by atoms with E-state index >= 15 is 0 Å². The van der Waals surface area contributed by atoms with Crippen molar-refractivity contribution < 1.29 is 19.1 Å². The van der Waals surface area contributed by atoms with E-state index in [1.54, 1.807) is 31.4 Å². The van der Waals surface area contributed by atoms with Gasteiger partial charge in [-0.15, -0.1) is 0 Å². The minimum atomic E-state index is -0.286. The van der Waals surface area contributed by atoms with E-state index in [-0.39, 0.29) is 30.8 Å². The van der Waals surface area contributed by atoms with Gasteiger partial charge in [-0.2, -0.15) is 0 Å². The van der Waals surface area contributed by atoms with E-state index in [9.17, 15) is 9.59 Å². The molecule has 0 spiro atoms. The smallest absolute Gasteiger partial charge is 0.306 e.